The lowest BCUT2D eigenvalue weighted by Gasteiger charge is -2.24. The van der Waals surface area contributed by atoms with Crippen molar-refractivity contribution in [2.75, 3.05) is 40.5 Å². The van der Waals surface area contributed by atoms with Crippen LogP contribution in [0, 0.1) is 11.8 Å². The van der Waals surface area contributed by atoms with E-state index in [0.29, 0.717) is 18.3 Å². The molecule has 6 heteroatoms. The molecule has 0 amide bonds. The number of aliphatic imine (C=N–C) groups is 1. The fraction of sp³-hybridized carbons (Fsp3) is 0.667. The molecule has 1 aliphatic carbocycles. The van der Waals surface area contributed by atoms with Crippen molar-refractivity contribution in [3.05, 3.63) is 23.9 Å². The molecule has 0 aromatic carbocycles. The lowest BCUT2D eigenvalue weighted by atomic mass is 10.1. The van der Waals surface area contributed by atoms with Crippen molar-refractivity contribution in [1.82, 2.24) is 15.2 Å². The van der Waals surface area contributed by atoms with Gasteiger partial charge < -0.3 is 19.7 Å². The zero-order chi connectivity index (χ0) is 16.8. The van der Waals surface area contributed by atoms with Crippen molar-refractivity contribution in [2.24, 2.45) is 16.8 Å². The van der Waals surface area contributed by atoms with Gasteiger partial charge in [-0.05, 0) is 30.7 Å². The average Bonchev–Trinajstić information content (AvgIpc) is 3.30. The minimum Gasteiger partial charge on any atom is -0.477 e. The van der Waals surface area contributed by atoms with Gasteiger partial charge in [0.2, 0.25) is 5.88 Å². The van der Waals surface area contributed by atoms with Crippen LogP contribution in [0.5, 0.6) is 5.88 Å². The molecular weight excluding hydrogens is 304 g/mol. The molecule has 2 heterocycles. The van der Waals surface area contributed by atoms with Gasteiger partial charge in [0, 0.05) is 52.0 Å². The SMILES string of the molecule is CN=C(NCc1ccc(OCC2CC2)nc1)N(C)CC1CCOC1. The normalized spacial score (nSPS) is 20.9. The maximum Gasteiger partial charge on any atom is 0.213 e. The van der Waals surface area contributed by atoms with Crippen molar-refractivity contribution < 1.29 is 9.47 Å². The summed E-state index contributed by atoms with van der Waals surface area (Å²) in [5, 5.41) is 3.39. The number of pyridine rings is 1. The highest BCUT2D eigenvalue weighted by Crippen LogP contribution is 2.29. The van der Waals surface area contributed by atoms with Gasteiger partial charge in [-0.25, -0.2) is 4.98 Å². The highest BCUT2D eigenvalue weighted by Gasteiger charge is 2.22. The number of guanidine groups is 1. The minimum atomic E-state index is 0.595. The van der Waals surface area contributed by atoms with Crippen LogP contribution in [-0.2, 0) is 11.3 Å². The van der Waals surface area contributed by atoms with Gasteiger partial charge in [0.15, 0.2) is 5.96 Å². The molecule has 3 rings (SSSR count). The Hall–Kier alpha value is -1.82. The lowest BCUT2D eigenvalue weighted by molar-refractivity contribution is 0.181. The molecule has 1 aliphatic heterocycles. The molecule has 0 radical (unpaired) electrons. The molecule has 2 fully saturated rings. The molecule has 0 bridgehead atoms. The van der Waals surface area contributed by atoms with Gasteiger partial charge in [-0.3, -0.25) is 4.99 Å². The molecule has 2 aliphatic rings. The second-order valence-electron chi connectivity index (χ2n) is 6.77. The third-order valence-corrected chi connectivity index (χ3v) is 4.54. The summed E-state index contributed by atoms with van der Waals surface area (Å²) < 4.78 is 11.1. The first-order valence-corrected chi connectivity index (χ1v) is 8.82. The summed E-state index contributed by atoms with van der Waals surface area (Å²) in [6.07, 6.45) is 5.59. The number of hydrogen-bond acceptors (Lipinski definition) is 4. The van der Waals surface area contributed by atoms with E-state index in [1.165, 1.54) is 12.8 Å². The van der Waals surface area contributed by atoms with E-state index < -0.39 is 0 Å². The molecule has 1 N–H and O–H groups in total. The van der Waals surface area contributed by atoms with Crippen LogP contribution in [0.1, 0.15) is 24.8 Å². The summed E-state index contributed by atoms with van der Waals surface area (Å²) in [6, 6.07) is 4.00. The molecule has 1 aromatic rings. The fourth-order valence-electron chi connectivity index (χ4n) is 2.86. The van der Waals surface area contributed by atoms with Crippen LogP contribution >= 0.6 is 0 Å². The second kappa shape index (κ2) is 8.33. The summed E-state index contributed by atoms with van der Waals surface area (Å²) in [7, 11) is 3.89. The molecule has 1 aromatic heterocycles. The maximum atomic E-state index is 5.67. The van der Waals surface area contributed by atoms with Gasteiger partial charge in [0.25, 0.3) is 0 Å². The predicted molar refractivity (Wildman–Crippen MR) is 94.2 cm³/mol. The fourth-order valence-corrected chi connectivity index (χ4v) is 2.86. The van der Waals surface area contributed by atoms with Crippen LogP contribution < -0.4 is 10.1 Å². The molecule has 0 spiro atoms. The van der Waals surface area contributed by atoms with E-state index in [1.54, 1.807) is 0 Å². The van der Waals surface area contributed by atoms with E-state index >= 15 is 0 Å². The van der Waals surface area contributed by atoms with E-state index in [1.807, 2.05) is 19.3 Å². The first kappa shape index (κ1) is 17.0. The molecule has 1 saturated heterocycles. The van der Waals surface area contributed by atoms with Gasteiger partial charge in [-0.2, -0.15) is 0 Å². The van der Waals surface area contributed by atoms with Gasteiger partial charge in [-0.1, -0.05) is 6.07 Å². The van der Waals surface area contributed by atoms with Crippen LogP contribution in [0.25, 0.3) is 0 Å². The molecule has 1 saturated carbocycles. The summed E-state index contributed by atoms with van der Waals surface area (Å²) >= 11 is 0. The predicted octanol–water partition coefficient (Wildman–Crippen LogP) is 1.91. The molecule has 6 nitrogen and oxygen atoms in total. The lowest BCUT2D eigenvalue weighted by Crippen LogP contribution is -2.41. The summed E-state index contributed by atoms with van der Waals surface area (Å²) in [6.45, 7) is 4.20. The Morgan fingerprint density at radius 2 is 2.25 bits per heavy atom. The quantitative estimate of drug-likeness (QED) is 0.611. The Balaban J connectivity index is 1.43. The minimum absolute atomic E-state index is 0.595. The van der Waals surface area contributed by atoms with Crippen molar-refractivity contribution >= 4 is 5.96 Å². The average molecular weight is 332 g/mol. The van der Waals surface area contributed by atoms with Gasteiger partial charge in [0.1, 0.15) is 0 Å². The third kappa shape index (κ3) is 5.09. The number of aromatic nitrogens is 1. The second-order valence-corrected chi connectivity index (χ2v) is 6.77. The largest absolute Gasteiger partial charge is 0.477 e. The summed E-state index contributed by atoms with van der Waals surface area (Å²) in [5.41, 5.74) is 1.12. The van der Waals surface area contributed by atoms with E-state index in [9.17, 15) is 0 Å². The zero-order valence-electron chi connectivity index (χ0n) is 14.7. The Morgan fingerprint density at radius 3 is 2.88 bits per heavy atom. The first-order valence-electron chi connectivity index (χ1n) is 8.82. The summed E-state index contributed by atoms with van der Waals surface area (Å²) in [5.74, 6) is 2.96. The van der Waals surface area contributed by atoms with E-state index in [2.05, 4.69) is 33.3 Å². The van der Waals surface area contributed by atoms with Crippen molar-refractivity contribution in [3.63, 3.8) is 0 Å². The highest BCUT2D eigenvalue weighted by molar-refractivity contribution is 5.79. The zero-order valence-corrected chi connectivity index (χ0v) is 14.7. The number of rotatable bonds is 7. The number of nitrogens with one attached hydrogen (secondary N) is 1. The Morgan fingerprint density at radius 1 is 1.38 bits per heavy atom. The maximum absolute atomic E-state index is 5.67. The molecule has 1 unspecified atom stereocenters. The Labute approximate surface area is 144 Å². The van der Waals surface area contributed by atoms with Gasteiger partial charge in [-0.15, -0.1) is 0 Å². The van der Waals surface area contributed by atoms with Gasteiger partial charge in [0.05, 0.1) is 13.2 Å². The van der Waals surface area contributed by atoms with Crippen LogP contribution in [0.2, 0.25) is 0 Å². The first-order chi connectivity index (χ1) is 11.7. The van der Waals surface area contributed by atoms with E-state index in [4.69, 9.17) is 9.47 Å². The number of hydrogen-bond donors (Lipinski definition) is 1. The van der Waals surface area contributed by atoms with E-state index in [-0.39, 0.29) is 0 Å². The van der Waals surface area contributed by atoms with Gasteiger partial charge >= 0.3 is 0 Å². The number of nitrogens with zero attached hydrogens (tertiary/aromatic N) is 3. The molecule has 1 atom stereocenters. The van der Waals surface area contributed by atoms with Crippen molar-refractivity contribution in [3.8, 4) is 5.88 Å². The van der Waals surface area contributed by atoms with Crippen molar-refractivity contribution in [1.29, 1.82) is 0 Å². The smallest absolute Gasteiger partial charge is 0.213 e. The Kier molecular flexibility index (Phi) is 5.91. The van der Waals surface area contributed by atoms with Crippen LogP contribution in [0.15, 0.2) is 23.3 Å². The molecule has 24 heavy (non-hydrogen) atoms. The van der Waals surface area contributed by atoms with E-state index in [0.717, 1.165) is 50.2 Å². The highest BCUT2D eigenvalue weighted by atomic mass is 16.5. The van der Waals surface area contributed by atoms with Crippen LogP contribution in [0.3, 0.4) is 0 Å². The monoisotopic (exact) mass is 332 g/mol. The third-order valence-electron chi connectivity index (χ3n) is 4.54. The topological polar surface area (TPSA) is 59.0 Å². The summed E-state index contributed by atoms with van der Waals surface area (Å²) in [4.78, 5) is 10.9. The standard InChI is InChI=1S/C18H28N4O2/c1-19-18(22(2)11-16-7-8-23-12-16)21-10-15-5-6-17(20-9-15)24-13-14-3-4-14/h5-6,9,14,16H,3-4,7-8,10-13H2,1-2H3,(H,19,21). The Bertz CT molecular complexity index is 536. The van der Waals surface area contributed by atoms with Crippen LogP contribution in [0.4, 0.5) is 0 Å². The molecule has 132 valence electrons. The van der Waals surface area contributed by atoms with Crippen molar-refractivity contribution in [2.45, 2.75) is 25.8 Å². The van der Waals surface area contributed by atoms with Crippen LogP contribution in [-0.4, -0.2) is 56.3 Å². The number of ether oxygens (including phenoxy) is 2. The molecular formula is C18H28N4O2.